The fraction of sp³-hybridized carbons (Fsp3) is 0.440. The molecule has 0 bridgehead atoms. The molecule has 7 nitrogen and oxygen atoms in total. The Morgan fingerprint density at radius 1 is 1.24 bits per heavy atom. The van der Waals surface area contributed by atoms with Crippen molar-refractivity contribution in [1.82, 2.24) is 9.29 Å². The van der Waals surface area contributed by atoms with E-state index in [0.717, 1.165) is 11.1 Å². The molecule has 0 spiro atoms. The van der Waals surface area contributed by atoms with E-state index in [0.29, 0.717) is 29.8 Å². The Hall–Kier alpha value is -2.57. The standard InChI is InChI=1S/C25H30N2O5S/c1-24(2,3)33(32)27-15-18-14-19(23(29)30)26-22(21(18)20(27)10-12-28)17-8-6-7-16(13-17)9-11-25(4,5)31/h6-8,13-14,20,28,31H,10,12,15H2,1-5H3,(H,29,30)/t20-,33-/m1/s1. The lowest BCUT2D eigenvalue weighted by molar-refractivity contribution is 0.0690. The monoisotopic (exact) mass is 470 g/mol. The van der Waals surface area contributed by atoms with Crippen LogP contribution in [0, 0.1) is 11.8 Å². The van der Waals surface area contributed by atoms with Gasteiger partial charge < -0.3 is 15.3 Å². The molecule has 0 saturated carbocycles. The first-order chi connectivity index (χ1) is 15.3. The summed E-state index contributed by atoms with van der Waals surface area (Å²) in [7, 11) is -1.37. The van der Waals surface area contributed by atoms with Gasteiger partial charge in [0.2, 0.25) is 0 Å². The first kappa shape index (κ1) is 25.1. The minimum absolute atomic E-state index is 0.0946. The zero-order chi connectivity index (χ0) is 24.6. The van der Waals surface area contributed by atoms with E-state index in [9.17, 15) is 24.3 Å². The number of carbonyl (C=O) groups is 1. The van der Waals surface area contributed by atoms with Gasteiger partial charge in [0.05, 0.1) is 16.5 Å². The number of fused-ring (bicyclic) bond motifs is 1. The van der Waals surface area contributed by atoms with Crippen LogP contribution in [0.15, 0.2) is 30.3 Å². The first-order valence-electron chi connectivity index (χ1n) is 10.7. The van der Waals surface area contributed by atoms with E-state index >= 15 is 0 Å². The van der Waals surface area contributed by atoms with E-state index in [1.165, 1.54) is 6.07 Å². The van der Waals surface area contributed by atoms with Gasteiger partial charge in [0.15, 0.2) is 0 Å². The van der Waals surface area contributed by atoms with Gasteiger partial charge in [-0.1, -0.05) is 24.0 Å². The third kappa shape index (κ3) is 5.68. The molecular weight excluding hydrogens is 440 g/mol. The molecule has 1 aromatic carbocycles. The predicted molar refractivity (Wildman–Crippen MR) is 128 cm³/mol. The summed E-state index contributed by atoms with van der Waals surface area (Å²) in [5.41, 5.74) is 2.07. The van der Waals surface area contributed by atoms with Gasteiger partial charge >= 0.3 is 5.97 Å². The Morgan fingerprint density at radius 2 is 1.94 bits per heavy atom. The Balaban J connectivity index is 2.20. The zero-order valence-electron chi connectivity index (χ0n) is 19.5. The topological polar surface area (TPSA) is 111 Å². The van der Waals surface area contributed by atoms with E-state index in [-0.39, 0.29) is 18.3 Å². The molecule has 0 unspecified atom stereocenters. The lowest BCUT2D eigenvalue weighted by Crippen LogP contribution is -2.36. The number of hydrogen-bond donors (Lipinski definition) is 3. The van der Waals surface area contributed by atoms with Gasteiger partial charge in [-0.25, -0.2) is 18.3 Å². The second-order valence-corrected chi connectivity index (χ2v) is 11.8. The van der Waals surface area contributed by atoms with Crippen LogP contribution in [0.1, 0.15) is 74.3 Å². The smallest absolute Gasteiger partial charge is 0.354 e. The molecule has 1 aliphatic rings. The van der Waals surface area contributed by atoms with Crippen LogP contribution in [0.2, 0.25) is 0 Å². The average molecular weight is 471 g/mol. The number of aliphatic hydroxyl groups excluding tert-OH is 1. The van der Waals surface area contributed by atoms with Gasteiger partial charge in [-0.2, -0.15) is 0 Å². The quantitative estimate of drug-likeness (QED) is 0.579. The molecule has 33 heavy (non-hydrogen) atoms. The van der Waals surface area contributed by atoms with E-state index < -0.39 is 27.3 Å². The Bertz CT molecular complexity index is 1150. The average Bonchev–Trinajstić information content (AvgIpc) is 3.08. The van der Waals surface area contributed by atoms with Crippen molar-refractivity contribution in [2.45, 2.75) is 64.0 Å². The second-order valence-electron chi connectivity index (χ2n) is 9.59. The highest BCUT2D eigenvalue weighted by Gasteiger charge is 2.40. The van der Waals surface area contributed by atoms with Crippen molar-refractivity contribution in [2.75, 3.05) is 6.61 Å². The van der Waals surface area contributed by atoms with E-state index in [1.54, 1.807) is 32.0 Å². The van der Waals surface area contributed by atoms with Gasteiger partial charge in [0.25, 0.3) is 0 Å². The minimum atomic E-state index is -1.37. The van der Waals surface area contributed by atoms with Crippen molar-refractivity contribution in [3.05, 3.63) is 52.7 Å². The Labute approximate surface area is 197 Å². The number of carboxylic acids is 1. The molecule has 1 aromatic heterocycles. The molecule has 3 rings (SSSR count). The summed E-state index contributed by atoms with van der Waals surface area (Å²) in [5, 5.41) is 29.4. The van der Waals surface area contributed by atoms with Crippen LogP contribution in [0.5, 0.6) is 0 Å². The summed E-state index contributed by atoms with van der Waals surface area (Å²) in [5.74, 6) is 4.57. The number of nitrogens with zero attached hydrogens (tertiary/aromatic N) is 2. The minimum Gasteiger partial charge on any atom is -0.477 e. The Morgan fingerprint density at radius 3 is 2.52 bits per heavy atom. The normalized spacial score (nSPS) is 17.2. The summed E-state index contributed by atoms with van der Waals surface area (Å²) in [4.78, 5) is 16.3. The third-order valence-corrected chi connectivity index (χ3v) is 7.02. The summed E-state index contributed by atoms with van der Waals surface area (Å²) >= 11 is 0. The van der Waals surface area contributed by atoms with Crippen LogP contribution in [0.25, 0.3) is 11.3 Å². The molecule has 3 N–H and O–H groups in total. The molecule has 2 heterocycles. The van der Waals surface area contributed by atoms with Crippen molar-refractivity contribution in [3.63, 3.8) is 0 Å². The molecule has 0 radical (unpaired) electrons. The van der Waals surface area contributed by atoms with Gasteiger partial charge in [0, 0.05) is 29.8 Å². The lowest BCUT2D eigenvalue weighted by Gasteiger charge is -2.30. The third-order valence-electron chi connectivity index (χ3n) is 5.16. The molecule has 8 heteroatoms. The molecule has 0 aliphatic carbocycles. The number of benzene rings is 1. The largest absolute Gasteiger partial charge is 0.477 e. The number of pyridine rings is 1. The van der Waals surface area contributed by atoms with Crippen molar-refractivity contribution in [3.8, 4) is 23.1 Å². The van der Waals surface area contributed by atoms with Crippen LogP contribution < -0.4 is 0 Å². The fourth-order valence-electron chi connectivity index (χ4n) is 3.77. The van der Waals surface area contributed by atoms with E-state index in [1.807, 2.05) is 31.1 Å². The summed E-state index contributed by atoms with van der Waals surface area (Å²) in [6.07, 6.45) is 0.341. The number of aromatic nitrogens is 1. The van der Waals surface area contributed by atoms with Crippen molar-refractivity contribution >= 4 is 17.0 Å². The van der Waals surface area contributed by atoms with Crippen LogP contribution in [-0.4, -0.2) is 51.7 Å². The highest BCUT2D eigenvalue weighted by atomic mass is 32.2. The van der Waals surface area contributed by atoms with Crippen molar-refractivity contribution in [1.29, 1.82) is 0 Å². The SMILES string of the molecule is CC(C)(O)C#Cc1cccc(-c2nc(C(=O)O)cc3c2[C@@H](CCO)N([S@](=O)C(C)(C)C)C3)c1. The summed E-state index contributed by atoms with van der Waals surface area (Å²) in [6, 6.07) is 8.38. The summed E-state index contributed by atoms with van der Waals surface area (Å²) < 4.78 is 14.6. The van der Waals surface area contributed by atoms with Gasteiger partial charge in [-0.3, -0.25) is 0 Å². The maximum Gasteiger partial charge on any atom is 0.354 e. The highest BCUT2D eigenvalue weighted by Crippen LogP contribution is 2.44. The molecule has 2 atom stereocenters. The molecule has 0 amide bonds. The highest BCUT2D eigenvalue weighted by molar-refractivity contribution is 7.84. The molecule has 176 valence electrons. The van der Waals surface area contributed by atoms with Gasteiger partial charge in [-0.15, -0.1) is 0 Å². The molecular formula is C25H30N2O5S. The number of rotatable bonds is 5. The maximum atomic E-state index is 13.3. The fourth-order valence-corrected chi connectivity index (χ4v) is 5.17. The number of hydrogen-bond acceptors (Lipinski definition) is 5. The van der Waals surface area contributed by atoms with Crippen molar-refractivity contribution in [2.24, 2.45) is 0 Å². The van der Waals surface area contributed by atoms with Crippen molar-refractivity contribution < 1.29 is 24.3 Å². The predicted octanol–water partition coefficient (Wildman–Crippen LogP) is 3.27. The van der Waals surface area contributed by atoms with Crippen LogP contribution in [0.3, 0.4) is 0 Å². The number of aliphatic hydroxyl groups is 2. The van der Waals surface area contributed by atoms with E-state index in [4.69, 9.17) is 0 Å². The first-order valence-corrected chi connectivity index (χ1v) is 11.8. The Kier molecular flexibility index (Phi) is 7.10. The van der Waals surface area contributed by atoms with Gasteiger partial charge in [-0.05, 0) is 64.8 Å². The molecule has 0 saturated heterocycles. The zero-order valence-corrected chi connectivity index (χ0v) is 20.4. The van der Waals surface area contributed by atoms with Crippen LogP contribution in [0.4, 0.5) is 0 Å². The summed E-state index contributed by atoms with van der Waals surface area (Å²) in [6.45, 7) is 9.03. The number of aromatic carboxylic acids is 1. The maximum absolute atomic E-state index is 13.3. The second kappa shape index (κ2) is 9.35. The molecule has 1 aliphatic heterocycles. The molecule has 0 fully saturated rings. The lowest BCUT2D eigenvalue weighted by atomic mass is 9.95. The number of carboxylic acid groups (broad SMARTS) is 1. The molecule has 2 aromatic rings. The van der Waals surface area contributed by atoms with E-state index in [2.05, 4.69) is 16.8 Å². The van der Waals surface area contributed by atoms with Gasteiger partial charge in [0.1, 0.15) is 22.3 Å². The van der Waals surface area contributed by atoms with Crippen LogP contribution >= 0.6 is 0 Å². The van der Waals surface area contributed by atoms with Crippen LogP contribution in [-0.2, 0) is 17.5 Å².